The molecule has 0 amide bonds. The van der Waals surface area contributed by atoms with Crippen molar-refractivity contribution in [2.24, 2.45) is 0 Å². The quantitative estimate of drug-likeness (QED) is 0.860. The van der Waals surface area contributed by atoms with E-state index in [1.54, 1.807) is 7.11 Å². The summed E-state index contributed by atoms with van der Waals surface area (Å²) >= 11 is 3.49. The fourth-order valence-electron chi connectivity index (χ4n) is 1.59. The molecule has 17 heavy (non-hydrogen) atoms. The summed E-state index contributed by atoms with van der Waals surface area (Å²) in [5.74, 6) is 0. The van der Waals surface area contributed by atoms with E-state index in [0.717, 1.165) is 17.4 Å². The van der Waals surface area contributed by atoms with Gasteiger partial charge in [-0.3, -0.25) is 0 Å². The molecule has 1 unspecified atom stereocenters. The Bertz CT molecular complexity index is 352. The first-order valence-electron chi connectivity index (χ1n) is 5.98. The molecule has 3 heteroatoms. The van der Waals surface area contributed by atoms with E-state index in [1.807, 2.05) is 6.07 Å². The van der Waals surface area contributed by atoms with Gasteiger partial charge in [0.25, 0.3) is 0 Å². The lowest BCUT2D eigenvalue weighted by molar-refractivity contribution is 0.0154. The number of rotatable bonds is 6. The van der Waals surface area contributed by atoms with Gasteiger partial charge in [0.05, 0.1) is 5.60 Å². The predicted octanol–water partition coefficient (Wildman–Crippen LogP) is 3.91. The first-order valence-corrected chi connectivity index (χ1v) is 6.78. The van der Waals surface area contributed by atoms with Crippen LogP contribution in [-0.4, -0.2) is 19.3 Å². The van der Waals surface area contributed by atoms with Crippen molar-refractivity contribution in [1.29, 1.82) is 0 Å². The molecule has 0 saturated carbocycles. The molecule has 0 spiro atoms. The third-order valence-corrected chi connectivity index (χ3v) is 3.57. The number of methoxy groups -OCH3 is 1. The first-order chi connectivity index (χ1) is 7.94. The molecule has 0 heterocycles. The van der Waals surface area contributed by atoms with Crippen molar-refractivity contribution in [1.82, 2.24) is 5.32 Å². The highest BCUT2D eigenvalue weighted by molar-refractivity contribution is 9.10. The van der Waals surface area contributed by atoms with Gasteiger partial charge in [-0.2, -0.15) is 0 Å². The lowest BCUT2D eigenvalue weighted by Gasteiger charge is -2.24. The van der Waals surface area contributed by atoms with Gasteiger partial charge in [0, 0.05) is 17.6 Å². The highest BCUT2D eigenvalue weighted by Gasteiger charge is 2.16. The van der Waals surface area contributed by atoms with Gasteiger partial charge < -0.3 is 10.1 Å². The van der Waals surface area contributed by atoms with Crippen LogP contribution in [0.3, 0.4) is 0 Å². The summed E-state index contributed by atoms with van der Waals surface area (Å²) in [6.07, 6.45) is 1.00. The topological polar surface area (TPSA) is 21.3 Å². The van der Waals surface area contributed by atoms with E-state index in [4.69, 9.17) is 4.74 Å². The fraction of sp³-hybridized carbons (Fsp3) is 0.571. The Balaban J connectivity index is 2.42. The largest absolute Gasteiger partial charge is 0.379 e. The SMILES string of the molecule is COC(C)(C)CCNC(C)c1cccc(Br)c1. The third-order valence-electron chi connectivity index (χ3n) is 3.08. The summed E-state index contributed by atoms with van der Waals surface area (Å²) < 4.78 is 6.52. The molecule has 0 fully saturated rings. The first kappa shape index (κ1) is 14.7. The van der Waals surface area contributed by atoms with Crippen molar-refractivity contribution in [2.45, 2.75) is 38.8 Å². The van der Waals surface area contributed by atoms with Crippen molar-refractivity contribution < 1.29 is 4.74 Å². The highest BCUT2D eigenvalue weighted by atomic mass is 79.9. The molecule has 96 valence electrons. The zero-order chi connectivity index (χ0) is 12.9. The molecule has 0 radical (unpaired) electrons. The Kier molecular flexibility index (Phi) is 5.63. The molecule has 0 aliphatic heterocycles. The van der Waals surface area contributed by atoms with Crippen molar-refractivity contribution in [3.8, 4) is 0 Å². The molecule has 0 aromatic heterocycles. The molecule has 0 bridgehead atoms. The summed E-state index contributed by atoms with van der Waals surface area (Å²) in [6, 6.07) is 8.77. The van der Waals surface area contributed by atoms with E-state index in [-0.39, 0.29) is 5.60 Å². The van der Waals surface area contributed by atoms with Crippen molar-refractivity contribution in [3.63, 3.8) is 0 Å². The van der Waals surface area contributed by atoms with Crippen molar-refractivity contribution >= 4 is 15.9 Å². The average molecular weight is 300 g/mol. The third kappa shape index (κ3) is 5.19. The van der Waals surface area contributed by atoms with Gasteiger partial charge in [-0.1, -0.05) is 28.1 Å². The molecule has 1 N–H and O–H groups in total. The minimum absolute atomic E-state index is 0.0516. The Labute approximate surface area is 113 Å². The lowest BCUT2D eigenvalue weighted by atomic mass is 10.0. The van der Waals surface area contributed by atoms with Crippen LogP contribution in [0.1, 0.15) is 38.8 Å². The van der Waals surface area contributed by atoms with Gasteiger partial charge in [-0.25, -0.2) is 0 Å². The second-order valence-electron chi connectivity index (χ2n) is 4.94. The minimum Gasteiger partial charge on any atom is -0.379 e. The molecule has 1 aromatic rings. The van der Waals surface area contributed by atoms with E-state index in [0.29, 0.717) is 6.04 Å². The van der Waals surface area contributed by atoms with Crippen LogP contribution in [0.5, 0.6) is 0 Å². The van der Waals surface area contributed by atoms with Gasteiger partial charge in [-0.05, 0) is 51.4 Å². The van der Waals surface area contributed by atoms with Gasteiger partial charge >= 0.3 is 0 Å². The van der Waals surface area contributed by atoms with Crippen molar-refractivity contribution in [3.05, 3.63) is 34.3 Å². The van der Waals surface area contributed by atoms with Crippen LogP contribution >= 0.6 is 15.9 Å². The number of benzene rings is 1. The highest BCUT2D eigenvalue weighted by Crippen LogP contribution is 2.18. The summed E-state index contributed by atoms with van der Waals surface area (Å²) in [5.41, 5.74) is 1.25. The van der Waals surface area contributed by atoms with Crippen LogP contribution in [-0.2, 0) is 4.74 Å². The lowest BCUT2D eigenvalue weighted by Crippen LogP contribution is -2.30. The maximum absolute atomic E-state index is 5.40. The second kappa shape index (κ2) is 6.53. The number of halogens is 1. The summed E-state index contributed by atoms with van der Waals surface area (Å²) in [4.78, 5) is 0. The molecule has 0 saturated heterocycles. The fourth-order valence-corrected chi connectivity index (χ4v) is 2.00. The maximum Gasteiger partial charge on any atom is 0.0634 e. The van der Waals surface area contributed by atoms with Crippen molar-refractivity contribution in [2.75, 3.05) is 13.7 Å². The molecule has 2 nitrogen and oxygen atoms in total. The summed E-state index contributed by atoms with van der Waals surface area (Å²) in [7, 11) is 1.76. The zero-order valence-corrected chi connectivity index (χ0v) is 12.7. The molecular formula is C14H22BrNO. The molecule has 1 rings (SSSR count). The molecular weight excluding hydrogens is 278 g/mol. The number of nitrogens with one attached hydrogen (secondary N) is 1. The Morgan fingerprint density at radius 2 is 2.12 bits per heavy atom. The van der Waals surface area contributed by atoms with Crippen LogP contribution < -0.4 is 5.32 Å². The van der Waals surface area contributed by atoms with E-state index in [2.05, 4.69) is 60.2 Å². The Morgan fingerprint density at radius 3 is 2.71 bits per heavy atom. The second-order valence-corrected chi connectivity index (χ2v) is 5.86. The van der Waals surface area contributed by atoms with Gasteiger partial charge in [0.15, 0.2) is 0 Å². The summed E-state index contributed by atoms with van der Waals surface area (Å²) in [5, 5.41) is 3.52. The van der Waals surface area contributed by atoms with Crippen LogP contribution in [0.25, 0.3) is 0 Å². The number of hydrogen-bond donors (Lipinski definition) is 1. The normalized spacial score (nSPS) is 13.7. The maximum atomic E-state index is 5.40. The van der Waals surface area contributed by atoms with E-state index >= 15 is 0 Å². The van der Waals surface area contributed by atoms with E-state index in [9.17, 15) is 0 Å². The van der Waals surface area contributed by atoms with E-state index in [1.165, 1.54) is 5.56 Å². The van der Waals surface area contributed by atoms with Crippen LogP contribution in [0.2, 0.25) is 0 Å². The zero-order valence-electron chi connectivity index (χ0n) is 11.1. The standard InChI is InChI=1S/C14H22BrNO/c1-11(12-6-5-7-13(15)10-12)16-9-8-14(2,3)17-4/h5-7,10-11,16H,8-9H2,1-4H3. The number of hydrogen-bond acceptors (Lipinski definition) is 2. The molecule has 0 aliphatic carbocycles. The minimum atomic E-state index is -0.0516. The molecule has 1 atom stereocenters. The smallest absolute Gasteiger partial charge is 0.0634 e. The van der Waals surface area contributed by atoms with Crippen LogP contribution in [0, 0.1) is 0 Å². The van der Waals surface area contributed by atoms with Gasteiger partial charge in [0.2, 0.25) is 0 Å². The van der Waals surface area contributed by atoms with Gasteiger partial charge in [-0.15, -0.1) is 0 Å². The number of ether oxygens (including phenoxy) is 1. The Morgan fingerprint density at radius 1 is 1.41 bits per heavy atom. The average Bonchev–Trinajstić information content (AvgIpc) is 2.28. The predicted molar refractivity (Wildman–Crippen MR) is 76.3 cm³/mol. The van der Waals surface area contributed by atoms with Crippen LogP contribution in [0.15, 0.2) is 28.7 Å². The van der Waals surface area contributed by atoms with Gasteiger partial charge in [0.1, 0.15) is 0 Å². The molecule has 0 aliphatic rings. The Hall–Kier alpha value is -0.380. The van der Waals surface area contributed by atoms with E-state index < -0.39 is 0 Å². The molecule has 1 aromatic carbocycles. The monoisotopic (exact) mass is 299 g/mol. The van der Waals surface area contributed by atoms with Crippen LogP contribution in [0.4, 0.5) is 0 Å². The summed E-state index contributed by atoms with van der Waals surface area (Å²) in [6.45, 7) is 7.35.